The normalized spacial score (nSPS) is 10.5. The Bertz CT molecular complexity index is 383. The number of hydrogen-bond donors (Lipinski definition) is 0. The molecule has 0 bridgehead atoms. The fraction of sp³-hybridized carbons (Fsp3) is 0.545. The van der Waals surface area contributed by atoms with Crippen LogP contribution in [0.4, 0.5) is 0 Å². The highest BCUT2D eigenvalue weighted by Gasteiger charge is 2.17. The summed E-state index contributed by atoms with van der Waals surface area (Å²) in [7, 11) is 0. The molecule has 0 spiro atoms. The lowest BCUT2D eigenvalue weighted by Crippen LogP contribution is -2.10. The van der Waals surface area contributed by atoms with Gasteiger partial charge in [-0.2, -0.15) is 0 Å². The predicted octanol–water partition coefficient (Wildman–Crippen LogP) is 1.59. The SMILES string of the molecule is C=CCOC(=O)c1nnn(CC(C)C)c1C. The minimum atomic E-state index is -0.451. The number of aromatic nitrogens is 3. The summed E-state index contributed by atoms with van der Waals surface area (Å²) < 4.78 is 6.62. The molecule has 0 aliphatic rings. The van der Waals surface area contributed by atoms with Gasteiger partial charge in [0.1, 0.15) is 6.61 Å². The molecule has 0 aliphatic carbocycles. The summed E-state index contributed by atoms with van der Waals surface area (Å²) in [5.41, 5.74) is 1.02. The summed E-state index contributed by atoms with van der Waals surface area (Å²) >= 11 is 0. The lowest BCUT2D eigenvalue weighted by Gasteiger charge is -2.05. The third-order valence-corrected chi connectivity index (χ3v) is 2.05. The molecule has 0 fully saturated rings. The smallest absolute Gasteiger partial charge is 0.361 e. The maximum atomic E-state index is 11.5. The van der Waals surface area contributed by atoms with E-state index in [1.165, 1.54) is 6.08 Å². The summed E-state index contributed by atoms with van der Waals surface area (Å²) in [4.78, 5) is 11.5. The van der Waals surface area contributed by atoms with Crippen LogP contribution in [-0.2, 0) is 11.3 Å². The van der Waals surface area contributed by atoms with Gasteiger partial charge in [-0.1, -0.05) is 31.7 Å². The van der Waals surface area contributed by atoms with Crippen LogP contribution in [0.1, 0.15) is 30.0 Å². The molecule has 5 nitrogen and oxygen atoms in total. The second-order valence-corrected chi connectivity index (χ2v) is 3.99. The summed E-state index contributed by atoms with van der Waals surface area (Å²) in [6.45, 7) is 10.4. The van der Waals surface area contributed by atoms with E-state index in [2.05, 4.69) is 30.7 Å². The zero-order chi connectivity index (χ0) is 12.1. The molecule has 0 radical (unpaired) electrons. The van der Waals surface area contributed by atoms with Crippen LogP contribution in [-0.4, -0.2) is 27.6 Å². The van der Waals surface area contributed by atoms with Gasteiger partial charge in [0.05, 0.1) is 5.69 Å². The van der Waals surface area contributed by atoms with E-state index >= 15 is 0 Å². The topological polar surface area (TPSA) is 57.0 Å². The number of nitrogens with zero attached hydrogens (tertiary/aromatic N) is 3. The maximum absolute atomic E-state index is 11.5. The molecule has 0 amide bonds. The number of carbonyl (C=O) groups excluding carboxylic acids is 1. The van der Waals surface area contributed by atoms with E-state index in [9.17, 15) is 4.79 Å². The van der Waals surface area contributed by atoms with Gasteiger partial charge in [0.15, 0.2) is 5.69 Å². The summed E-state index contributed by atoms with van der Waals surface area (Å²) in [5.74, 6) is 0.00449. The van der Waals surface area contributed by atoms with Crippen LogP contribution in [0.3, 0.4) is 0 Å². The fourth-order valence-corrected chi connectivity index (χ4v) is 1.27. The molecule has 1 aromatic rings. The highest BCUT2D eigenvalue weighted by molar-refractivity contribution is 5.88. The first-order chi connectivity index (χ1) is 7.56. The second kappa shape index (κ2) is 5.44. The first kappa shape index (κ1) is 12.4. The number of carbonyl (C=O) groups is 1. The van der Waals surface area contributed by atoms with Gasteiger partial charge in [-0.15, -0.1) is 5.10 Å². The standard InChI is InChI=1S/C11H17N3O2/c1-5-6-16-11(15)10-9(4)14(13-12-10)7-8(2)3/h5,8H,1,6-7H2,2-4H3. The molecule has 88 valence electrons. The highest BCUT2D eigenvalue weighted by Crippen LogP contribution is 2.08. The van der Waals surface area contributed by atoms with Crippen molar-refractivity contribution in [3.05, 3.63) is 24.0 Å². The highest BCUT2D eigenvalue weighted by atomic mass is 16.5. The zero-order valence-electron chi connectivity index (χ0n) is 9.93. The molecule has 0 saturated heterocycles. The average molecular weight is 223 g/mol. The van der Waals surface area contributed by atoms with Gasteiger partial charge >= 0.3 is 5.97 Å². The lowest BCUT2D eigenvalue weighted by atomic mass is 10.2. The van der Waals surface area contributed by atoms with Crippen LogP contribution in [0.2, 0.25) is 0 Å². The molecule has 0 N–H and O–H groups in total. The Morgan fingerprint density at radius 1 is 1.62 bits per heavy atom. The van der Waals surface area contributed by atoms with Gasteiger partial charge in [0, 0.05) is 6.54 Å². The van der Waals surface area contributed by atoms with Crippen LogP contribution >= 0.6 is 0 Å². The van der Waals surface area contributed by atoms with E-state index in [0.717, 1.165) is 12.2 Å². The zero-order valence-corrected chi connectivity index (χ0v) is 9.93. The minimum absolute atomic E-state index is 0.190. The number of esters is 1. The van der Waals surface area contributed by atoms with Gasteiger partial charge < -0.3 is 4.74 Å². The minimum Gasteiger partial charge on any atom is -0.457 e. The largest absolute Gasteiger partial charge is 0.457 e. The van der Waals surface area contributed by atoms with Gasteiger partial charge in [0.25, 0.3) is 0 Å². The van der Waals surface area contributed by atoms with E-state index in [-0.39, 0.29) is 12.3 Å². The summed E-state index contributed by atoms with van der Waals surface area (Å²) in [6, 6.07) is 0. The quantitative estimate of drug-likeness (QED) is 0.562. The van der Waals surface area contributed by atoms with E-state index < -0.39 is 5.97 Å². The van der Waals surface area contributed by atoms with E-state index in [1.54, 1.807) is 4.68 Å². The van der Waals surface area contributed by atoms with Crippen molar-refractivity contribution in [2.24, 2.45) is 5.92 Å². The van der Waals surface area contributed by atoms with Crippen LogP contribution < -0.4 is 0 Å². The first-order valence-electron chi connectivity index (χ1n) is 5.24. The van der Waals surface area contributed by atoms with E-state index in [4.69, 9.17) is 4.74 Å². The molecule has 0 atom stereocenters. The van der Waals surface area contributed by atoms with Gasteiger partial charge in [-0.05, 0) is 12.8 Å². The van der Waals surface area contributed by atoms with Crippen molar-refractivity contribution in [1.82, 2.24) is 15.0 Å². The average Bonchev–Trinajstić information content (AvgIpc) is 2.56. The van der Waals surface area contributed by atoms with Crippen molar-refractivity contribution in [2.45, 2.75) is 27.3 Å². The van der Waals surface area contributed by atoms with E-state index in [1.807, 2.05) is 6.92 Å². The Kier molecular flexibility index (Phi) is 4.22. The third kappa shape index (κ3) is 2.92. The molecule has 1 aromatic heterocycles. The number of ether oxygens (including phenoxy) is 1. The number of hydrogen-bond acceptors (Lipinski definition) is 4. The predicted molar refractivity (Wildman–Crippen MR) is 60.1 cm³/mol. The fourth-order valence-electron chi connectivity index (χ4n) is 1.27. The molecule has 1 rings (SSSR count). The Labute approximate surface area is 95.1 Å². The lowest BCUT2D eigenvalue weighted by molar-refractivity contribution is 0.0542. The Morgan fingerprint density at radius 2 is 2.31 bits per heavy atom. The van der Waals surface area contributed by atoms with Crippen LogP contribution in [0.25, 0.3) is 0 Å². The van der Waals surface area contributed by atoms with Gasteiger partial charge in [0.2, 0.25) is 0 Å². The Balaban J connectivity index is 2.78. The van der Waals surface area contributed by atoms with Gasteiger partial charge in [-0.3, -0.25) is 0 Å². The molecule has 16 heavy (non-hydrogen) atoms. The van der Waals surface area contributed by atoms with Gasteiger partial charge in [-0.25, -0.2) is 9.48 Å². The van der Waals surface area contributed by atoms with Crippen molar-refractivity contribution < 1.29 is 9.53 Å². The van der Waals surface area contributed by atoms with Crippen LogP contribution in [0.15, 0.2) is 12.7 Å². The van der Waals surface area contributed by atoms with Crippen LogP contribution in [0, 0.1) is 12.8 Å². The number of rotatable bonds is 5. The monoisotopic (exact) mass is 223 g/mol. The van der Waals surface area contributed by atoms with E-state index in [0.29, 0.717) is 5.92 Å². The molecule has 5 heteroatoms. The molecule has 0 unspecified atom stereocenters. The third-order valence-electron chi connectivity index (χ3n) is 2.05. The molecule has 1 heterocycles. The Hall–Kier alpha value is -1.65. The summed E-state index contributed by atoms with van der Waals surface area (Å²) in [6.07, 6.45) is 1.52. The molecular weight excluding hydrogens is 206 g/mol. The molecule has 0 saturated carbocycles. The molecule has 0 aromatic carbocycles. The molecular formula is C11H17N3O2. The van der Waals surface area contributed by atoms with Crippen molar-refractivity contribution in [2.75, 3.05) is 6.61 Å². The van der Waals surface area contributed by atoms with Crippen molar-refractivity contribution in [3.8, 4) is 0 Å². The van der Waals surface area contributed by atoms with Crippen molar-refractivity contribution in [1.29, 1.82) is 0 Å². The second-order valence-electron chi connectivity index (χ2n) is 3.99. The first-order valence-corrected chi connectivity index (χ1v) is 5.24. The Morgan fingerprint density at radius 3 is 2.88 bits per heavy atom. The summed E-state index contributed by atoms with van der Waals surface area (Å²) in [5, 5.41) is 7.75. The molecule has 0 aliphatic heterocycles. The van der Waals surface area contributed by atoms with Crippen molar-refractivity contribution in [3.63, 3.8) is 0 Å². The maximum Gasteiger partial charge on any atom is 0.361 e. The van der Waals surface area contributed by atoms with Crippen LogP contribution in [0.5, 0.6) is 0 Å². The van der Waals surface area contributed by atoms with Crippen molar-refractivity contribution >= 4 is 5.97 Å².